The van der Waals surface area contributed by atoms with Crippen LogP contribution in [0.3, 0.4) is 0 Å². The minimum absolute atomic E-state index is 0.00891. The summed E-state index contributed by atoms with van der Waals surface area (Å²) in [7, 11) is -1.19. The molecule has 1 aromatic carbocycles. The van der Waals surface area contributed by atoms with E-state index in [1.165, 1.54) is 5.56 Å². The maximum absolute atomic E-state index is 6.39. The van der Waals surface area contributed by atoms with Crippen molar-refractivity contribution in [2.75, 3.05) is 6.61 Å². The SMILES string of the molecule is C=CCC(CC=C)(COc1cccc(C(O[SiH](C)C)C(C)(C)C)c1)OCc1ccsc1. The van der Waals surface area contributed by atoms with Gasteiger partial charge in [0.25, 0.3) is 0 Å². The number of hydrogen-bond acceptors (Lipinski definition) is 4. The molecule has 5 heteroatoms. The first-order valence-electron chi connectivity index (χ1n) is 10.9. The normalized spacial score (nSPS) is 13.2. The zero-order chi connectivity index (χ0) is 22.9. The van der Waals surface area contributed by atoms with Crippen LogP contribution in [0.2, 0.25) is 13.1 Å². The van der Waals surface area contributed by atoms with Gasteiger partial charge in [-0.05, 0) is 71.4 Å². The Balaban J connectivity index is 2.19. The molecule has 1 heterocycles. The molecule has 1 aromatic heterocycles. The van der Waals surface area contributed by atoms with Gasteiger partial charge in [0.15, 0.2) is 9.04 Å². The van der Waals surface area contributed by atoms with Crippen molar-refractivity contribution in [1.82, 2.24) is 0 Å². The van der Waals surface area contributed by atoms with Crippen LogP contribution in [0.25, 0.3) is 0 Å². The largest absolute Gasteiger partial charge is 0.491 e. The standard InChI is InChI=1S/C26H38O3SSi/c1-8-14-26(15-9-2,28-18-21-13-16-30-19-21)20-27-23-12-10-11-22(17-23)24(25(3,4)5)29-31(6)7/h8-13,16-17,19,24,31H,1-2,14-15,18,20H2,3-7H3. The molecule has 2 aromatic rings. The quantitative estimate of drug-likeness (QED) is 0.232. The molecule has 0 N–H and O–H groups in total. The van der Waals surface area contributed by atoms with Gasteiger partial charge in [-0.25, -0.2) is 0 Å². The molecule has 0 saturated heterocycles. The fourth-order valence-corrected chi connectivity index (χ4v) is 5.30. The molecule has 0 aliphatic carbocycles. The fraction of sp³-hybridized carbons (Fsp3) is 0.462. The van der Waals surface area contributed by atoms with E-state index in [4.69, 9.17) is 13.9 Å². The fourth-order valence-electron chi connectivity index (χ4n) is 3.54. The monoisotopic (exact) mass is 458 g/mol. The molecule has 1 atom stereocenters. The molecule has 0 bridgehead atoms. The summed E-state index contributed by atoms with van der Waals surface area (Å²) in [5.41, 5.74) is 1.84. The maximum atomic E-state index is 6.39. The van der Waals surface area contributed by atoms with E-state index in [1.807, 2.05) is 24.3 Å². The lowest BCUT2D eigenvalue weighted by atomic mass is 9.85. The molecule has 1 unspecified atom stereocenters. The Morgan fingerprint density at radius 3 is 2.35 bits per heavy atom. The summed E-state index contributed by atoms with van der Waals surface area (Å²) in [4.78, 5) is 0. The molecule has 0 aliphatic heterocycles. The van der Waals surface area contributed by atoms with Crippen LogP contribution in [0.5, 0.6) is 5.75 Å². The van der Waals surface area contributed by atoms with Crippen molar-refractivity contribution < 1.29 is 13.9 Å². The topological polar surface area (TPSA) is 27.7 Å². The van der Waals surface area contributed by atoms with Crippen LogP contribution in [-0.2, 0) is 15.8 Å². The van der Waals surface area contributed by atoms with Gasteiger partial charge in [-0.2, -0.15) is 11.3 Å². The summed E-state index contributed by atoms with van der Waals surface area (Å²) in [6.45, 7) is 19.9. The van der Waals surface area contributed by atoms with Crippen LogP contribution >= 0.6 is 11.3 Å². The molecular formula is C26H38O3SSi. The van der Waals surface area contributed by atoms with Crippen LogP contribution in [0, 0.1) is 5.41 Å². The zero-order valence-electron chi connectivity index (χ0n) is 19.7. The summed E-state index contributed by atoms with van der Waals surface area (Å²) in [5.74, 6) is 0.831. The van der Waals surface area contributed by atoms with Gasteiger partial charge in [0, 0.05) is 0 Å². The van der Waals surface area contributed by atoms with Gasteiger partial charge in [0.2, 0.25) is 0 Å². The van der Waals surface area contributed by atoms with Crippen LogP contribution in [0.15, 0.2) is 66.4 Å². The highest BCUT2D eigenvalue weighted by Gasteiger charge is 2.31. The average Bonchev–Trinajstić information content (AvgIpc) is 3.22. The highest BCUT2D eigenvalue weighted by atomic mass is 32.1. The Kier molecular flexibility index (Phi) is 9.75. The first-order valence-corrected chi connectivity index (χ1v) is 14.7. The van der Waals surface area contributed by atoms with Gasteiger partial charge < -0.3 is 13.9 Å². The van der Waals surface area contributed by atoms with Crippen molar-refractivity contribution in [3.05, 3.63) is 77.5 Å². The minimum atomic E-state index is -1.19. The lowest BCUT2D eigenvalue weighted by molar-refractivity contribution is -0.0789. The third-order valence-corrected chi connectivity index (χ3v) is 6.56. The van der Waals surface area contributed by atoms with Gasteiger partial charge >= 0.3 is 0 Å². The zero-order valence-corrected chi connectivity index (χ0v) is 21.7. The second kappa shape index (κ2) is 11.8. The Bertz CT molecular complexity index is 798. The number of ether oxygens (including phenoxy) is 2. The lowest BCUT2D eigenvalue weighted by Gasteiger charge is -2.34. The summed E-state index contributed by atoms with van der Waals surface area (Å²) in [6.07, 6.45) is 5.22. The Morgan fingerprint density at radius 1 is 1.10 bits per heavy atom. The van der Waals surface area contributed by atoms with E-state index in [9.17, 15) is 0 Å². The maximum Gasteiger partial charge on any atom is 0.171 e. The van der Waals surface area contributed by atoms with Crippen molar-refractivity contribution in [2.45, 2.75) is 65.0 Å². The molecule has 0 radical (unpaired) electrons. The van der Waals surface area contributed by atoms with Crippen LogP contribution < -0.4 is 4.74 Å². The van der Waals surface area contributed by atoms with E-state index in [-0.39, 0.29) is 11.5 Å². The van der Waals surface area contributed by atoms with E-state index in [2.05, 4.69) is 76.0 Å². The van der Waals surface area contributed by atoms with Crippen molar-refractivity contribution in [3.8, 4) is 5.75 Å². The molecule has 0 amide bonds. The molecule has 0 aliphatic rings. The molecule has 3 nitrogen and oxygen atoms in total. The third kappa shape index (κ3) is 8.07. The Morgan fingerprint density at radius 2 is 1.81 bits per heavy atom. The van der Waals surface area contributed by atoms with Crippen molar-refractivity contribution in [2.24, 2.45) is 5.41 Å². The van der Waals surface area contributed by atoms with Gasteiger partial charge in [0.1, 0.15) is 18.0 Å². The van der Waals surface area contributed by atoms with E-state index in [1.54, 1.807) is 11.3 Å². The summed E-state index contributed by atoms with van der Waals surface area (Å²) in [5, 5.41) is 4.18. The molecule has 2 rings (SSSR count). The highest BCUT2D eigenvalue weighted by Crippen LogP contribution is 2.38. The highest BCUT2D eigenvalue weighted by molar-refractivity contribution is 7.07. The van der Waals surface area contributed by atoms with E-state index < -0.39 is 14.6 Å². The number of hydrogen-bond donors (Lipinski definition) is 0. The van der Waals surface area contributed by atoms with Gasteiger partial charge in [-0.3, -0.25) is 0 Å². The lowest BCUT2D eigenvalue weighted by Crippen LogP contribution is -2.38. The second-order valence-electron chi connectivity index (χ2n) is 9.38. The molecule has 0 saturated carbocycles. The van der Waals surface area contributed by atoms with E-state index in [0.29, 0.717) is 26.1 Å². The van der Waals surface area contributed by atoms with Gasteiger partial charge in [-0.1, -0.05) is 45.1 Å². The minimum Gasteiger partial charge on any atom is -0.491 e. The second-order valence-corrected chi connectivity index (χ2v) is 12.5. The van der Waals surface area contributed by atoms with Crippen LogP contribution in [-0.4, -0.2) is 21.2 Å². The van der Waals surface area contributed by atoms with Crippen LogP contribution in [0.4, 0.5) is 0 Å². The summed E-state index contributed by atoms with van der Waals surface area (Å²) < 4.78 is 19.1. The predicted octanol–water partition coefficient (Wildman–Crippen LogP) is 7.32. The molecule has 0 fully saturated rings. The van der Waals surface area contributed by atoms with Gasteiger partial charge in [0.05, 0.1) is 12.7 Å². The number of thiophene rings is 1. The van der Waals surface area contributed by atoms with Crippen molar-refractivity contribution >= 4 is 20.4 Å². The molecule has 170 valence electrons. The van der Waals surface area contributed by atoms with E-state index >= 15 is 0 Å². The first kappa shape index (κ1) is 25.6. The average molecular weight is 459 g/mol. The number of rotatable bonds is 13. The summed E-state index contributed by atoms with van der Waals surface area (Å²) in [6, 6.07) is 10.4. The van der Waals surface area contributed by atoms with E-state index in [0.717, 1.165) is 11.3 Å². The molecule has 0 spiro atoms. The predicted molar refractivity (Wildman–Crippen MR) is 136 cm³/mol. The Labute approximate surface area is 194 Å². The van der Waals surface area contributed by atoms with Gasteiger partial charge in [-0.15, -0.1) is 13.2 Å². The smallest absolute Gasteiger partial charge is 0.171 e. The molecule has 31 heavy (non-hydrogen) atoms. The number of benzene rings is 1. The Hall–Kier alpha value is -1.66. The summed E-state index contributed by atoms with van der Waals surface area (Å²) >= 11 is 1.68. The first-order chi connectivity index (χ1) is 14.7. The van der Waals surface area contributed by atoms with Crippen molar-refractivity contribution in [3.63, 3.8) is 0 Å². The molecular weight excluding hydrogens is 420 g/mol. The van der Waals surface area contributed by atoms with Crippen LogP contribution in [0.1, 0.15) is 50.8 Å². The van der Waals surface area contributed by atoms with Crippen molar-refractivity contribution in [1.29, 1.82) is 0 Å². The third-order valence-electron chi connectivity index (χ3n) is 5.02.